The van der Waals surface area contributed by atoms with Crippen LogP contribution < -0.4 is 0 Å². The molecule has 0 aliphatic carbocycles. The molecule has 1 unspecified atom stereocenters. The smallest absolute Gasteiger partial charge is 0.159 e. The molecule has 0 N–H and O–H groups in total. The lowest BCUT2D eigenvalue weighted by Crippen LogP contribution is -2.02. The lowest BCUT2D eigenvalue weighted by molar-refractivity contribution is 0.101. The van der Waals surface area contributed by atoms with Crippen molar-refractivity contribution in [3.63, 3.8) is 0 Å². The summed E-state index contributed by atoms with van der Waals surface area (Å²) in [6.07, 6.45) is 1.17. The molecular formula is C13H16O2S. The van der Waals surface area contributed by atoms with Crippen LogP contribution in [0.3, 0.4) is 0 Å². The van der Waals surface area contributed by atoms with Gasteiger partial charge in [-0.2, -0.15) is 0 Å². The molecule has 0 amide bonds. The van der Waals surface area contributed by atoms with Crippen molar-refractivity contribution in [2.24, 2.45) is 5.92 Å². The second-order valence-electron chi connectivity index (χ2n) is 4.12. The van der Waals surface area contributed by atoms with Crippen LogP contribution in [0.25, 0.3) is 0 Å². The van der Waals surface area contributed by atoms with E-state index in [2.05, 4.69) is 6.07 Å². The van der Waals surface area contributed by atoms with Gasteiger partial charge in [-0.15, -0.1) is 11.8 Å². The zero-order valence-corrected chi connectivity index (χ0v) is 10.3. The van der Waals surface area contributed by atoms with Gasteiger partial charge in [-0.25, -0.2) is 0 Å². The summed E-state index contributed by atoms with van der Waals surface area (Å²) in [4.78, 5) is 12.4. The van der Waals surface area contributed by atoms with Gasteiger partial charge in [-0.1, -0.05) is 12.1 Å². The molecule has 3 heteroatoms. The normalized spacial score (nSPS) is 19.9. The van der Waals surface area contributed by atoms with Gasteiger partial charge in [0.05, 0.1) is 6.61 Å². The highest BCUT2D eigenvalue weighted by atomic mass is 32.2. The fraction of sp³-hybridized carbons (Fsp3) is 0.462. The maximum atomic E-state index is 11.2. The first-order valence-corrected chi connectivity index (χ1v) is 6.56. The van der Waals surface area contributed by atoms with Crippen molar-refractivity contribution in [2.75, 3.05) is 19.0 Å². The van der Waals surface area contributed by atoms with Crippen molar-refractivity contribution in [2.45, 2.75) is 18.2 Å². The van der Waals surface area contributed by atoms with Crippen LogP contribution in [0.5, 0.6) is 0 Å². The van der Waals surface area contributed by atoms with Gasteiger partial charge in [0.15, 0.2) is 5.78 Å². The molecule has 1 heterocycles. The van der Waals surface area contributed by atoms with E-state index in [0.29, 0.717) is 5.92 Å². The monoisotopic (exact) mass is 236 g/mol. The first kappa shape index (κ1) is 11.7. The number of ether oxygens (including phenoxy) is 1. The zero-order chi connectivity index (χ0) is 11.4. The predicted octanol–water partition coefficient (Wildman–Crippen LogP) is 3.02. The van der Waals surface area contributed by atoms with Crippen molar-refractivity contribution in [1.82, 2.24) is 0 Å². The van der Waals surface area contributed by atoms with Crippen LogP contribution in [0, 0.1) is 5.92 Å². The fourth-order valence-corrected chi connectivity index (χ4v) is 2.81. The van der Waals surface area contributed by atoms with Crippen molar-refractivity contribution >= 4 is 17.5 Å². The molecule has 0 spiro atoms. The highest BCUT2D eigenvalue weighted by molar-refractivity contribution is 7.99. The topological polar surface area (TPSA) is 26.3 Å². The van der Waals surface area contributed by atoms with E-state index in [1.807, 2.05) is 30.0 Å². The summed E-state index contributed by atoms with van der Waals surface area (Å²) < 4.78 is 5.34. The van der Waals surface area contributed by atoms with Crippen LogP contribution in [0.15, 0.2) is 29.2 Å². The first-order valence-electron chi connectivity index (χ1n) is 5.57. The Balaban J connectivity index is 1.93. The number of benzene rings is 1. The van der Waals surface area contributed by atoms with Crippen LogP contribution >= 0.6 is 11.8 Å². The number of carbonyl (C=O) groups is 1. The minimum atomic E-state index is 0.131. The molecule has 0 bridgehead atoms. The molecule has 0 radical (unpaired) electrons. The van der Waals surface area contributed by atoms with Crippen molar-refractivity contribution in [1.29, 1.82) is 0 Å². The number of rotatable bonds is 4. The molecule has 1 aliphatic rings. The summed E-state index contributed by atoms with van der Waals surface area (Å²) in [5.74, 6) is 1.89. The Labute approximate surface area is 100 Å². The number of Topliss-reactive ketones (excluding diaryl/α,β-unsaturated/α-hetero) is 1. The molecule has 1 aromatic rings. The third-order valence-corrected chi connectivity index (χ3v) is 3.98. The largest absolute Gasteiger partial charge is 0.381 e. The average molecular weight is 236 g/mol. The third-order valence-electron chi connectivity index (χ3n) is 2.75. The summed E-state index contributed by atoms with van der Waals surface area (Å²) in [6, 6.07) is 7.85. The molecule has 1 atom stereocenters. The summed E-state index contributed by atoms with van der Waals surface area (Å²) >= 11 is 1.82. The zero-order valence-electron chi connectivity index (χ0n) is 9.44. The number of carbonyl (C=O) groups excluding carboxylic acids is 1. The lowest BCUT2D eigenvalue weighted by Gasteiger charge is -2.07. The summed E-state index contributed by atoms with van der Waals surface area (Å²) in [5, 5.41) is 0. The van der Waals surface area contributed by atoms with E-state index < -0.39 is 0 Å². The Morgan fingerprint density at radius 3 is 3.12 bits per heavy atom. The summed E-state index contributed by atoms with van der Waals surface area (Å²) in [7, 11) is 0. The molecular weight excluding hydrogens is 220 g/mol. The van der Waals surface area contributed by atoms with E-state index in [9.17, 15) is 4.79 Å². The second kappa shape index (κ2) is 5.51. The van der Waals surface area contributed by atoms with Crippen LogP contribution in [0.2, 0.25) is 0 Å². The second-order valence-corrected chi connectivity index (χ2v) is 5.22. The molecule has 0 aromatic heterocycles. The van der Waals surface area contributed by atoms with Gasteiger partial charge >= 0.3 is 0 Å². The van der Waals surface area contributed by atoms with Gasteiger partial charge in [-0.3, -0.25) is 4.79 Å². The number of thioether (sulfide) groups is 1. The van der Waals surface area contributed by atoms with E-state index >= 15 is 0 Å². The fourth-order valence-electron chi connectivity index (χ4n) is 1.73. The standard InChI is InChI=1S/C13H16O2S/c1-10(14)12-3-2-4-13(7-12)16-9-11-5-6-15-8-11/h2-4,7,11H,5-6,8-9H2,1H3. The third kappa shape index (κ3) is 3.09. The lowest BCUT2D eigenvalue weighted by atomic mass is 10.1. The summed E-state index contributed by atoms with van der Waals surface area (Å²) in [5.41, 5.74) is 0.799. The van der Waals surface area contributed by atoms with Gasteiger partial charge in [0, 0.05) is 22.8 Å². The van der Waals surface area contributed by atoms with Crippen LogP contribution in [-0.4, -0.2) is 24.7 Å². The molecule has 0 saturated carbocycles. The van der Waals surface area contributed by atoms with E-state index in [4.69, 9.17) is 4.74 Å². The van der Waals surface area contributed by atoms with Gasteiger partial charge in [0.2, 0.25) is 0 Å². The summed E-state index contributed by atoms with van der Waals surface area (Å²) in [6.45, 7) is 3.40. The van der Waals surface area contributed by atoms with Crippen molar-refractivity contribution in [3.8, 4) is 0 Å². The Kier molecular flexibility index (Phi) is 4.02. The molecule has 86 valence electrons. The number of ketones is 1. The Morgan fingerprint density at radius 1 is 1.56 bits per heavy atom. The SMILES string of the molecule is CC(=O)c1cccc(SCC2CCOC2)c1. The average Bonchev–Trinajstić information content (AvgIpc) is 2.79. The van der Waals surface area contributed by atoms with E-state index in [1.165, 1.54) is 11.3 Å². The van der Waals surface area contributed by atoms with Crippen molar-refractivity contribution in [3.05, 3.63) is 29.8 Å². The van der Waals surface area contributed by atoms with E-state index in [0.717, 1.165) is 24.5 Å². The maximum absolute atomic E-state index is 11.2. The van der Waals surface area contributed by atoms with E-state index in [1.54, 1.807) is 6.92 Å². The Morgan fingerprint density at radius 2 is 2.44 bits per heavy atom. The molecule has 16 heavy (non-hydrogen) atoms. The highest BCUT2D eigenvalue weighted by Gasteiger charge is 2.15. The molecule has 1 aliphatic heterocycles. The molecule has 2 rings (SSSR count). The first-order chi connectivity index (χ1) is 7.75. The molecule has 1 fully saturated rings. The molecule has 1 aromatic carbocycles. The Hall–Kier alpha value is -0.800. The number of hydrogen-bond acceptors (Lipinski definition) is 3. The van der Waals surface area contributed by atoms with Crippen LogP contribution in [-0.2, 0) is 4.74 Å². The van der Waals surface area contributed by atoms with Crippen LogP contribution in [0.1, 0.15) is 23.7 Å². The molecule has 2 nitrogen and oxygen atoms in total. The van der Waals surface area contributed by atoms with Gasteiger partial charge < -0.3 is 4.74 Å². The van der Waals surface area contributed by atoms with Crippen molar-refractivity contribution < 1.29 is 9.53 Å². The minimum absolute atomic E-state index is 0.131. The van der Waals surface area contributed by atoms with E-state index in [-0.39, 0.29) is 5.78 Å². The maximum Gasteiger partial charge on any atom is 0.159 e. The van der Waals surface area contributed by atoms with Gasteiger partial charge in [0.1, 0.15) is 0 Å². The highest BCUT2D eigenvalue weighted by Crippen LogP contribution is 2.25. The Bertz CT molecular complexity index is 370. The molecule has 1 saturated heterocycles. The van der Waals surface area contributed by atoms with Gasteiger partial charge in [0.25, 0.3) is 0 Å². The number of hydrogen-bond donors (Lipinski definition) is 0. The van der Waals surface area contributed by atoms with Crippen LogP contribution in [0.4, 0.5) is 0 Å². The quantitative estimate of drug-likeness (QED) is 0.594. The predicted molar refractivity (Wildman–Crippen MR) is 66.1 cm³/mol. The van der Waals surface area contributed by atoms with Gasteiger partial charge in [-0.05, 0) is 31.4 Å². The minimum Gasteiger partial charge on any atom is -0.381 e.